The molecule has 0 saturated heterocycles. The van der Waals surface area contributed by atoms with Crippen LogP contribution in [-0.4, -0.2) is 161 Å². The van der Waals surface area contributed by atoms with Crippen LogP contribution in [0.4, 0.5) is 0 Å². The number of carbonyl (C=O) groups is 10. The van der Waals surface area contributed by atoms with Gasteiger partial charge in [-0.1, -0.05) is 30.7 Å². The third-order valence-electron chi connectivity index (χ3n) is 10.6. The highest BCUT2D eigenvalue weighted by molar-refractivity contribution is 5.96. The zero-order valence-corrected chi connectivity index (χ0v) is 40.3. The van der Waals surface area contributed by atoms with Gasteiger partial charge in [-0.25, -0.2) is 4.79 Å². The van der Waals surface area contributed by atoms with Crippen LogP contribution in [0, 0.1) is 0 Å². The first-order valence-electron chi connectivity index (χ1n) is 23.1. The lowest BCUT2D eigenvalue weighted by Gasteiger charge is -2.26. The molecular formula is C45H68N14O14. The summed E-state index contributed by atoms with van der Waals surface area (Å²) in [6, 6.07) is 2.72. The van der Waals surface area contributed by atoms with E-state index in [1.54, 1.807) is 0 Å². The molecule has 0 aromatic heterocycles. The van der Waals surface area contributed by atoms with Crippen LogP contribution in [0.25, 0.3) is 0 Å². The van der Waals surface area contributed by atoms with Crippen molar-refractivity contribution in [3.8, 4) is 11.5 Å². The minimum absolute atomic E-state index is 0.0632. The fourth-order valence-corrected chi connectivity index (χ4v) is 6.62. The number of carbonyl (C=O) groups excluding carboxylic acids is 9. The van der Waals surface area contributed by atoms with Gasteiger partial charge in [0.15, 0.2) is 5.96 Å². The molecule has 2 rings (SSSR count). The maximum Gasteiger partial charge on any atom is 0.326 e. The molecule has 0 unspecified atom stereocenters. The quantitative estimate of drug-likeness (QED) is 0.0180. The molecule has 22 N–H and O–H groups in total. The minimum Gasteiger partial charge on any atom is -0.508 e. The lowest BCUT2D eigenvalue weighted by molar-refractivity contribution is -0.142. The van der Waals surface area contributed by atoms with Gasteiger partial charge in [0.2, 0.25) is 53.2 Å². The second kappa shape index (κ2) is 32.0. The summed E-state index contributed by atoms with van der Waals surface area (Å²) >= 11 is 0. The number of aliphatic hydroxyl groups excluding tert-OH is 1. The van der Waals surface area contributed by atoms with Crippen molar-refractivity contribution in [2.45, 2.75) is 107 Å². The van der Waals surface area contributed by atoms with Crippen LogP contribution < -0.4 is 71.2 Å². The Bertz CT molecular complexity index is 2230. The van der Waals surface area contributed by atoms with Crippen LogP contribution in [-0.2, 0) is 60.8 Å². The van der Waals surface area contributed by atoms with Crippen molar-refractivity contribution >= 4 is 65.1 Å². The van der Waals surface area contributed by atoms with Crippen LogP contribution >= 0.6 is 0 Å². The number of carboxylic acids is 1. The van der Waals surface area contributed by atoms with Crippen LogP contribution in [0.2, 0.25) is 0 Å². The van der Waals surface area contributed by atoms with E-state index in [1.165, 1.54) is 55.5 Å². The molecule has 28 heteroatoms. The van der Waals surface area contributed by atoms with Gasteiger partial charge in [0, 0.05) is 25.8 Å². The van der Waals surface area contributed by atoms with E-state index < -0.39 is 128 Å². The normalized spacial score (nSPS) is 13.6. The summed E-state index contributed by atoms with van der Waals surface area (Å²) in [6.45, 7) is -0.558. The third-order valence-corrected chi connectivity index (χ3v) is 10.6. The predicted octanol–water partition coefficient (Wildman–Crippen LogP) is -6.10. The molecule has 0 bridgehead atoms. The first kappa shape index (κ1) is 61.0. The van der Waals surface area contributed by atoms with Gasteiger partial charge in [0.05, 0.1) is 31.8 Å². The Morgan fingerprint density at radius 3 is 1.56 bits per heavy atom. The zero-order chi connectivity index (χ0) is 54.6. The molecule has 0 heterocycles. The summed E-state index contributed by atoms with van der Waals surface area (Å²) < 4.78 is 0. The fraction of sp³-hybridized carbons (Fsp3) is 0.489. The number of guanidine groups is 1. The summed E-state index contributed by atoms with van der Waals surface area (Å²) in [6.07, 6.45) is -1.17. The Hall–Kier alpha value is -8.11. The van der Waals surface area contributed by atoms with Crippen molar-refractivity contribution in [2.75, 3.05) is 32.7 Å². The maximum absolute atomic E-state index is 13.8. The maximum atomic E-state index is 13.8. The number of hydrogen-bond donors (Lipinski definition) is 17. The molecule has 9 amide bonds. The van der Waals surface area contributed by atoms with Crippen molar-refractivity contribution in [3.63, 3.8) is 0 Å². The molecule has 28 nitrogen and oxygen atoms in total. The molecule has 0 aliphatic carbocycles. The van der Waals surface area contributed by atoms with Gasteiger partial charge in [-0.15, -0.1) is 0 Å². The van der Waals surface area contributed by atoms with Crippen LogP contribution in [0.5, 0.6) is 11.5 Å². The highest BCUT2D eigenvalue weighted by Crippen LogP contribution is 2.14. The zero-order valence-electron chi connectivity index (χ0n) is 40.3. The number of phenolic OH excluding ortho intramolecular Hbond substituents is 2. The Labute approximate surface area is 419 Å². The second-order valence-corrected chi connectivity index (χ2v) is 16.7. The van der Waals surface area contributed by atoms with E-state index in [2.05, 4.69) is 47.5 Å². The minimum atomic E-state index is -1.55. The summed E-state index contributed by atoms with van der Waals surface area (Å²) in [5.41, 5.74) is 28.1. The highest BCUT2D eigenvalue weighted by atomic mass is 16.4. The average molecular weight is 1030 g/mol. The molecule has 402 valence electrons. The Balaban J connectivity index is 2.17. The number of aliphatic carboxylic acids is 1. The number of nitrogens with zero attached hydrogens (tertiary/aromatic N) is 1. The predicted molar refractivity (Wildman–Crippen MR) is 261 cm³/mol. The number of amides is 9. The molecule has 0 saturated carbocycles. The number of carboxylic acid groups (broad SMARTS) is 1. The number of hydrogen-bond acceptors (Lipinski definition) is 16. The van der Waals surface area contributed by atoms with E-state index >= 15 is 0 Å². The first-order valence-corrected chi connectivity index (χ1v) is 23.1. The summed E-state index contributed by atoms with van der Waals surface area (Å²) in [7, 11) is 0. The fourth-order valence-electron chi connectivity index (χ4n) is 6.62. The topological polar surface area (TPSA) is 490 Å². The van der Waals surface area contributed by atoms with Crippen molar-refractivity contribution in [1.29, 1.82) is 0 Å². The number of aliphatic hydroxyl groups is 1. The third kappa shape index (κ3) is 24.5. The number of rotatable bonds is 33. The average Bonchev–Trinajstić information content (AvgIpc) is 3.33. The van der Waals surface area contributed by atoms with Gasteiger partial charge in [-0.05, 0) is 81.0 Å². The Morgan fingerprint density at radius 2 is 1.05 bits per heavy atom. The number of aliphatic imine (C=N–C) groups is 1. The van der Waals surface area contributed by atoms with E-state index in [0.717, 1.165) is 0 Å². The molecule has 0 aliphatic heterocycles. The smallest absolute Gasteiger partial charge is 0.326 e. The number of aromatic hydroxyl groups is 2. The lowest BCUT2D eigenvalue weighted by Crippen LogP contribution is -2.59. The number of benzene rings is 2. The van der Waals surface area contributed by atoms with E-state index in [-0.39, 0.29) is 62.5 Å². The molecule has 7 atom stereocenters. The molecule has 0 spiro atoms. The number of nitrogens with one attached hydrogen (secondary N) is 8. The molecule has 0 fully saturated rings. The van der Waals surface area contributed by atoms with Gasteiger partial charge < -0.3 is 91.6 Å². The second-order valence-electron chi connectivity index (χ2n) is 16.7. The van der Waals surface area contributed by atoms with E-state index in [0.29, 0.717) is 30.5 Å². The van der Waals surface area contributed by atoms with Crippen molar-refractivity contribution in [3.05, 3.63) is 59.7 Å². The monoisotopic (exact) mass is 1030 g/mol. The van der Waals surface area contributed by atoms with Gasteiger partial charge in [-0.2, -0.15) is 0 Å². The number of unbranched alkanes of at least 4 members (excludes halogenated alkanes) is 1. The SMILES string of the molecule is C[C@@H](O)[C@H](NC(=O)[C@@H](N)CCCCN)C(=O)N[C@@H](Cc1ccc(O)cc1)C(=O)NCC(=O)NCC(=O)N[C@@H](Cc1ccc(O)cc1)C(=O)N[C@@H](CCC(N)=O)C(=O)NCC(=O)N[C@@H](CCCN=C(N)N)C(=O)O. The summed E-state index contributed by atoms with van der Waals surface area (Å²) in [5.74, 6) is -9.98. The van der Waals surface area contributed by atoms with Crippen LogP contribution in [0.1, 0.15) is 63.0 Å². The van der Waals surface area contributed by atoms with Gasteiger partial charge in [0.25, 0.3) is 0 Å². The molecule has 0 aliphatic rings. The highest BCUT2D eigenvalue weighted by Gasteiger charge is 2.32. The number of primary amides is 1. The van der Waals surface area contributed by atoms with Gasteiger partial charge >= 0.3 is 5.97 Å². The summed E-state index contributed by atoms with van der Waals surface area (Å²) in [4.78, 5) is 133. The lowest BCUT2D eigenvalue weighted by atomic mass is 10.0. The largest absolute Gasteiger partial charge is 0.508 e. The van der Waals surface area contributed by atoms with Crippen molar-refractivity contribution in [2.24, 2.45) is 33.7 Å². The molecular weight excluding hydrogens is 961 g/mol. The Kier molecular flexibility index (Phi) is 26.7. The van der Waals surface area contributed by atoms with Crippen LogP contribution in [0.15, 0.2) is 53.5 Å². The Morgan fingerprint density at radius 1 is 0.562 bits per heavy atom. The van der Waals surface area contributed by atoms with Crippen molar-refractivity contribution < 1.29 is 68.4 Å². The van der Waals surface area contributed by atoms with Gasteiger partial charge in [0.1, 0.15) is 41.7 Å². The molecule has 2 aromatic carbocycles. The number of phenols is 2. The molecule has 2 aromatic rings. The first-order chi connectivity index (χ1) is 34.5. The van der Waals surface area contributed by atoms with Gasteiger partial charge in [-0.3, -0.25) is 48.1 Å². The number of nitrogens with two attached hydrogens (primary N) is 5. The van der Waals surface area contributed by atoms with E-state index in [9.17, 15) is 68.4 Å². The van der Waals surface area contributed by atoms with E-state index in [4.69, 9.17) is 28.7 Å². The summed E-state index contributed by atoms with van der Waals surface area (Å²) in [5, 5.41) is 58.3. The van der Waals surface area contributed by atoms with Crippen LogP contribution in [0.3, 0.4) is 0 Å². The van der Waals surface area contributed by atoms with E-state index in [1.807, 2.05) is 0 Å². The molecule has 73 heavy (non-hydrogen) atoms. The molecule has 0 radical (unpaired) electrons. The standard InChI is InChI=1S/C45H68N14O14/c1-24(60)38(59-39(67)29(47)5-2-3-17-46)43(71)58-32(19-25-7-11-27(61)12-8-25)41(69)53-21-35(64)52-22-36(65)56-33(20-26-9-13-28(62)14-10-26)42(70)57-30(15-16-34(48)63)40(68)54-23-37(66)55-31(44(72)73)6-4-18-51-45(49)50/h7-14,24,29-33,38,60-62H,2-6,15-23,46-47H2,1H3,(H2,48,63)(H,52,64)(H,53,69)(H,54,68)(H,55,66)(H,56,65)(H,57,70)(H,58,71)(H,59,67)(H,72,73)(H4,49,50,51)/t24-,29+,30+,31+,32+,33+,38+/m1/s1. The van der Waals surface area contributed by atoms with Crippen molar-refractivity contribution in [1.82, 2.24) is 42.5 Å².